The summed E-state index contributed by atoms with van der Waals surface area (Å²) in [6.07, 6.45) is 0.228. The molecule has 68 valence electrons. The van der Waals surface area contributed by atoms with Crippen LogP contribution in [0.15, 0.2) is 0 Å². The summed E-state index contributed by atoms with van der Waals surface area (Å²) < 4.78 is 17.3. The number of carbonyl (C=O) groups is 1. The second-order valence-electron chi connectivity index (χ2n) is 3.18. The monoisotopic (exact) mass is 174 g/mol. The van der Waals surface area contributed by atoms with Crippen molar-refractivity contribution in [2.45, 2.75) is 24.6 Å². The second kappa shape index (κ2) is 2.90. The van der Waals surface area contributed by atoms with Gasteiger partial charge in [0, 0.05) is 0 Å². The maximum atomic E-state index is 12.2. The van der Waals surface area contributed by atoms with Gasteiger partial charge in [0.1, 0.15) is 6.67 Å². The number of hydrogen-bond donors (Lipinski definition) is 2. The van der Waals surface area contributed by atoms with Crippen LogP contribution in [0.25, 0.3) is 0 Å². The van der Waals surface area contributed by atoms with Crippen LogP contribution in [0.2, 0.25) is 0 Å². The minimum absolute atomic E-state index is 0.0281. The molecule has 5 heteroatoms. The number of fused-ring (bicyclic) bond motifs is 1. The lowest BCUT2D eigenvalue weighted by Gasteiger charge is -2.29. The summed E-state index contributed by atoms with van der Waals surface area (Å²) in [4.78, 5) is 10.8. The van der Waals surface area contributed by atoms with Crippen LogP contribution in [-0.4, -0.2) is 37.5 Å². The molecule has 2 rings (SSSR count). The van der Waals surface area contributed by atoms with Crippen molar-refractivity contribution in [1.29, 1.82) is 0 Å². The van der Waals surface area contributed by atoms with Crippen molar-refractivity contribution < 1.29 is 13.9 Å². The summed E-state index contributed by atoms with van der Waals surface area (Å²) in [6, 6.07) is -0.0968. The number of urea groups is 1. The molecule has 4 nitrogen and oxygen atoms in total. The van der Waals surface area contributed by atoms with Gasteiger partial charge in [0.05, 0.1) is 24.8 Å². The Balaban J connectivity index is 1.97. The lowest BCUT2D eigenvalue weighted by atomic mass is 10.0. The Morgan fingerprint density at radius 3 is 3.00 bits per heavy atom. The maximum Gasteiger partial charge on any atom is 0.315 e. The van der Waals surface area contributed by atoms with Gasteiger partial charge in [0.2, 0.25) is 0 Å². The molecule has 2 aliphatic heterocycles. The predicted molar refractivity (Wildman–Crippen MR) is 39.6 cm³/mol. The topological polar surface area (TPSA) is 50.4 Å². The van der Waals surface area contributed by atoms with Crippen LogP contribution in [0, 0.1) is 0 Å². The van der Waals surface area contributed by atoms with Crippen LogP contribution >= 0.6 is 0 Å². The van der Waals surface area contributed by atoms with Crippen LogP contribution in [0.3, 0.4) is 0 Å². The molecule has 0 radical (unpaired) electrons. The third-order valence-corrected chi connectivity index (χ3v) is 2.32. The Kier molecular flexibility index (Phi) is 1.88. The van der Waals surface area contributed by atoms with Gasteiger partial charge in [-0.15, -0.1) is 0 Å². The second-order valence-corrected chi connectivity index (χ2v) is 3.18. The zero-order chi connectivity index (χ0) is 8.55. The fourth-order valence-corrected chi connectivity index (χ4v) is 1.66. The number of hydrogen-bond acceptors (Lipinski definition) is 2. The molecule has 0 aromatic rings. The van der Waals surface area contributed by atoms with Gasteiger partial charge in [-0.1, -0.05) is 0 Å². The van der Waals surface area contributed by atoms with E-state index in [1.807, 2.05) is 0 Å². The molecule has 0 aromatic heterocycles. The molecule has 2 saturated heterocycles. The van der Waals surface area contributed by atoms with Crippen LogP contribution < -0.4 is 10.6 Å². The van der Waals surface area contributed by atoms with Crippen LogP contribution in [0.1, 0.15) is 6.42 Å². The Morgan fingerprint density at radius 2 is 2.25 bits per heavy atom. The SMILES string of the molecule is O=C1NC2COC(CF)CC2N1. The third kappa shape index (κ3) is 1.24. The standard InChI is InChI=1S/C7H11FN2O2/c8-2-4-1-5-6(3-12-4)10-7(11)9-5/h4-6H,1-3H2,(H2,9,10,11). The van der Waals surface area contributed by atoms with Gasteiger partial charge < -0.3 is 15.4 Å². The van der Waals surface area contributed by atoms with Crippen molar-refractivity contribution in [3.63, 3.8) is 0 Å². The van der Waals surface area contributed by atoms with Crippen molar-refractivity contribution >= 4 is 6.03 Å². The number of rotatable bonds is 1. The van der Waals surface area contributed by atoms with Gasteiger partial charge in [0.15, 0.2) is 0 Å². The maximum absolute atomic E-state index is 12.2. The van der Waals surface area contributed by atoms with E-state index >= 15 is 0 Å². The van der Waals surface area contributed by atoms with Gasteiger partial charge >= 0.3 is 6.03 Å². The van der Waals surface area contributed by atoms with E-state index in [2.05, 4.69) is 10.6 Å². The van der Waals surface area contributed by atoms with Crippen molar-refractivity contribution in [2.75, 3.05) is 13.3 Å². The minimum atomic E-state index is -0.473. The third-order valence-electron chi connectivity index (χ3n) is 2.32. The Bertz CT molecular complexity index is 200. The summed E-state index contributed by atoms with van der Waals surface area (Å²) in [6.45, 7) is -0.0584. The molecule has 2 amide bonds. The summed E-state index contributed by atoms with van der Waals surface area (Å²) >= 11 is 0. The van der Waals surface area contributed by atoms with E-state index in [0.29, 0.717) is 13.0 Å². The lowest BCUT2D eigenvalue weighted by Crippen LogP contribution is -2.46. The average Bonchev–Trinajstić information content (AvgIpc) is 2.43. The van der Waals surface area contributed by atoms with Gasteiger partial charge in [-0.3, -0.25) is 0 Å². The minimum Gasteiger partial charge on any atom is -0.373 e. The molecule has 0 aromatic carbocycles. The average molecular weight is 174 g/mol. The quantitative estimate of drug-likeness (QED) is 0.578. The lowest BCUT2D eigenvalue weighted by molar-refractivity contribution is -0.0176. The van der Waals surface area contributed by atoms with Gasteiger partial charge in [-0.2, -0.15) is 0 Å². The van der Waals surface area contributed by atoms with Crippen molar-refractivity contribution in [3.8, 4) is 0 Å². The van der Waals surface area contributed by atoms with Crippen molar-refractivity contribution in [3.05, 3.63) is 0 Å². The molecule has 2 aliphatic rings. The van der Waals surface area contributed by atoms with Crippen LogP contribution in [-0.2, 0) is 4.74 Å². The molecule has 2 heterocycles. The zero-order valence-electron chi connectivity index (χ0n) is 6.55. The molecule has 3 atom stereocenters. The highest BCUT2D eigenvalue weighted by atomic mass is 19.1. The first-order valence-corrected chi connectivity index (χ1v) is 4.04. The van der Waals surface area contributed by atoms with Crippen LogP contribution in [0.5, 0.6) is 0 Å². The smallest absolute Gasteiger partial charge is 0.315 e. The normalized spacial score (nSPS) is 40.1. The van der Waals surface area contributed by atoms with Gasteiger partial charge in [0.25, 0.3) is 0 Å². The van der Waals surface area contributed by atoms with E-state index in [1.54, 1.807) is 0 Å². The van der Waals surface area contributed by atoms with Gasteiger partial charge in [-0.25, -0.2) is 9.18 Å². The summed E-state index contributed by atoms with van der Waals surface area (Å²) in [5.74, 6) is 0. The van der Waals surface area contributed by atoms with E-state index in [4.69, 9.17) is 4.74 Å². The first kappa shape index (κ1) is 7.79. The Hall–Kier alpha value is -0.840. The molecule has 0 aliphatic carbocycles. The zero-order valence-corrected chi connectivity index (χ0v) is 6.55. The predicted octanol–water partition coefficient (Wildman–Crippen LogP) is -0.205. The van der Waals surface area contributed by atoms with E-state index in [0.717, 1.165) is 0 Å². The molecule has 3 unspecified atom stereocenters. The first-order valence-electron chi connectivity index (χ1n) is 4.04. The largest absolute Gasteiger partial charge is 0.373 e. The van der Waals surface area contributed by atoms with E-state index in [-0.39, 0.29) is 24.2 Å². The highest BCUT2D eigenvalue weighted by Gasteiger charge is 2.37. The van der Waals surface area contributed by atoms with E-state index in [1.165, 1.54) is 0 Å². The summed E-state index contributed by atoms with van der Waals surface area (Å²) in [5.41, 5.74) is 0. The van der Waals surface area contributed by atoms with Gasteiger partial charge in [-0.05, 0) is 6.42 Å². The number of halogens is 1. The first-order chi connectivity index (χ1) is 5.79. The number of ether oxygens (including phenoxy) is 1. The fourth-order valence-electron chi connectivity index (χ4n) is 1.66. The van der Waals surface area contributed by atoms with E-state index in [9.17, 15) is 9.18 Å². The number of nitrogens with one attached hydrogen (secondary N) is 2. The Morgan fingerprint density at radius 1 is 1.50 bits per heavy atom. The Labute approximate surface area is 69.5 Å². The highest BCUT2D eigenvalue weighted by molar-refractivity contribution is 5.77. The molecule has 12 heavy (non-hydrogen) atoms. The molecule has 0 spiro atoms. The van der Waals surface area contributed by atoms with Crippen LogP contribution in [0.4, 0.5) is 9.18 Å². The highest BCUT2D eigenvalue weighted by Crippen LogP contribution is 2.17. The van der Waals surface area contributed by atoms with E-state index < -0.39 is 6.67 Å². The molecular formula is C7H11FN2O2. The number of amides is 2. The molecule has 0 saturated carbocycles. The molecule has 0 bridgehead atoms. The summed E-state index contributed by atoms with van der Waals surface area (Å²) in [5, 5.41) is 5.43. The summed E-state index contributed by atoms with van der Waals surface area (Å²) in [7, 11) is 0. The molecule has 2 N–H and O–H groups in total. The van der Waals surface area contributed by atoms with Crippen molar-refractivity contribution in [1.82, 2.24) is 10.6 Å². The number of carbonyl (C=O) groups excluding carboxylic acids is 1. The fraction of sp³-hybridized carbons (Fsp3) is 0.857. The van der Waals surface area contributed by atoms with Crippen molar-refractivity contribution in [2.24, 2.45) is 0 Å². The molecule has 2 fully saturated rings. The number of alkyl halides is 1. The molecular weight excluding hydrogens is 163 g/mol.